The lowest BCUT2D eigenvalue weighted by atomic mass is 9.97. The first kappa shape index (κ1) is 19.0. The number of esters is 1. The average Bonchev–Trinajstić information content (AvgIpc) is 2.68. The van der Waals surface area contributed by atoms with Crippen molar-refractivity contribution in [2.24, 2.45) is 5.92 Å². The lowest BCUT2D eigenvalue weighted by Gasteiger charge is -2.29. The number of hydrogen-bond acceptors (Lipinski definition) is 5. The molecule has 0 saturated carbocycles. The Kier molecular flexibility index (Phi) is 5.19. The van der Waals surface area contributed by atoms with Gasteiger partial charge in [-0.15, -0.1) is 0 Å². The van der Waals surface area contributed by atoms with Gasteiger partial charge in [-0.3, -0.25) is 19.1 Å². The lowest BCUT2D eigenvalue weighted by molar-refractivity contribution is -0.192. The Hall–Kier alpha value is -1.30. The van der Waals surface area contributed by atoms with Gasteiger partial charge in [0.05, 0.1) is 10.3 Å². The van der Waals surface area contributed by atoms with E-state index in [1.807, 2.05) is 4.98 Å². The van der Waals surface area contributed by atoms with E-state index in [1.165, 1.54) is 13.8 Å². The molecule has 2 heterocycles. The highest BCUT2D eigenvalue weighted by Crippen LogP contribution is 2.49. The van der Waals surface area contributed by atoms with Gasteiger partial charge in [0.25, 0.3) is 11.4 Å². The van der Waals surface area contributed by atoms with Crippen molar-refractivity contribution in [2.45, 2.75) is 44.6 Å². The maximum atomic E-state index is 15.3. The Labute approximate surface area is 149 Å². The molecule has 1 aliphatic rings. The predicted molar refractivity (Wildman–Crippen MR) is 88.4 cm³/mol. The third kappa shape index (κ3) is 3.25. The molecule has 1 saturated heterocycles. The molecule has 2 rings (SSSR count). The fourth-order valence-corrected chi connectivity index (χ4v) is 2.99. The molecular formula is C14H17F2IN2O5. The van der Waals surface area contributed by atoms with E-state index >= 15 is 8.78 Å². The number of aromatic amines is 1. The van der Waals surface area contributed by atoms with Crippen LogP contribution in [0.1, 0.15) is 27.0 Å². The van der Waals surface area contributed by atoms with Gasteiger partial charge in [-0.1, -0.05) is 36.4 Å². The second-order valence-corrected chi connectivity index (χ2v) is 6.79. The van der Waals surface area contributed by atoms with E-state index in [4.69, 9.17) is 9.47 Å². The van der Waals surface area contributed by atoms with E-state index in [1.54, 1.807) is 22.6 Å². The molecule has 1 aromatic rings. The normalized spacial score (nSPS) is 33.0. The molecule has 134 valence electrons. The van der Waals surface area contributed by atoms with Crippen LogP contribution in [-0.2, 0) is 14.3 Å². The monoisotopic (exact) mass is 458 g/mol. The van der Waals surface area contributed by atoms with Gasteiger partial charge in [0.15, 0.2) is 18.0 Å². The number of nitrogens with zero attached hydrogens (tertiary/aromatic N) is 1. The van der Waals surface area contributed by atoms with Crippen LogP contribution in [0.4, 0.5) is 8.78 Å². The average molecular weight is 458 g/mol. The van der Waals surface area contributed by atoms with Crippen LogP contribution in [0.25, 0.3) is 0 Å². The van der Waals surface area contributed by atoms with Crippen LogP contribution in [0.2, 0.25) is 0 Å². The molecule has 0 aromatic carbocycles. The zero-order valence-electron chi connectivity index (χ0n) is 13.2. The van der Waals surface area contributed by atoms with Gasteiger partial charge in [0, 0.05) is 12.3 Å². The Morgan fingerprint density at radius 2 is 2.12 bits per heavy atom. The summed E-state index contributed by atoms with van der Waals surface area (Å²) in [6.45, 7) is 4.05. The summed E-state index contributed by atoms with van der Waals surface area (Å²) < 4.78 is 40.9. The molecule has 1 aliphatic heterocycles. The second kappa shape index (κ2) is 6.54. The van der Waals surface area contributed by atoms with Crippen LogP contribution in [0.5, 0.6) is 0 Å². The standard InChI is InChI=1S/C14H17F2IN2O5/c1-7(2)9(21)23-10-13(3,15)11(24-14(10,16)6-17)19-5-4-8(20)18-12(19)22/h4-5,7,10-11H,6H2,1-3H3,(H,18,20,22). The number of nitrogens with one attached hydrogen (secondary N) is 1. The highest BCUT2D eigenvalue weighted by Gasteiger charge is 2.66. The molecule has 7 nitrogen and oxygen atoms in total. The summed E-state index contributed by atoms with van der Waals surface area (Å²) in [6, 6.07) is 0.984. The summed E-state index contributed by atoms with van der Waals surface area (Å²) in [5, 5.41) is 0. The number of halogens is 3. The summed E-state index contributed by atoms with van der Waals surface area (Å²) >= 11 is 1.64. The zero-order valence-corrected chi connectivity index (χ0v) is 15.4. The van der Waals surface area contributed by atoms with Crippen molar-refractivity contribution in [1.82, 2.24) is 9.55 Å². The smallest absolute Gasteiger partial charge is 0.330 e. The minimum atomic E-state index is -2.62. The summed E-state index contributed by atoms with van der Waals surface area (Å²) in [5.74, 6) is -3.99. The Balaban J connectivity index is 2.48. The molecule has 1 fully saturated rings. The number of carbonyl (C=O) groups is 1. The number of hydrogen-bond donors (Lipinski definition) is 1. The first-order chi connectivity index (χ1) is 11.0. The van der Waals surface area contributed by atoms with Crippen molar-refractivity contribution in [3.8, 4) is 0 Å². The fraction of sp³-hybridized carbons (Fsp3) is 0.643. The Morgan fingerprint density at radius 1 is 1.50 bits per heavy atom. The van der Waals surface area contributed by atoms with Crippen molar-refractivity contribution >= 4 is 28.6 Å². The highest BCUT2D eigenvalue weighted by atomic mass is 127. The topological polar surface area (TPSA) is 90.4 Å². The molecule has 0 spiro atoms. The van der Waals surface area contributed by atoms with Gasteiger partial charge in [-0.2, -0.15) is 0 Å². The van der Waals surface area contributed by atoms with Crippen LogP contribution >= 0.6 is 22.6 Å². The number of rotatable bonds is 4. The van der Waals surface area contributed by atoms with Gasteiger partial charge in [-0.05, 0) is 6.92 Å². The molecule has 4 atom stereocenters. The maximum absolute atomic E-state index is 15.3. The van der Waals surface area contributed by atoms with Crippen LogP contribution in [0.3, 0.4) is 0 Å². The molecular weight excluding hydrogens is 441 g/mol. The molecule has 1 N–H and O–H groups in total. The SMILES string of the molecule is CC(C)C(=O)OC1C(F)(CI)OC(n2ccc(=O)[nH]c2=O)C1(C)F. The van der Waals surface area contributed by atoms with Crippen molar-refractivity contribution in [2.75, 3.05) is 4.43 Å². The third-order valence-electron chi connectivity index (χ3n) is 3.69. The molecule has 4 unspecified atom stereocenters. The van der Waals surface area contributed by atoms with Crippen LogP contribution in [0, 0.1) is 5.92 Å². The zero-order chi connectivity index (χ0) is 18.3. The van der Waals surface area contributed by atoms with Gasteiger partial charge in [0.1, 0.15) is 0 Å². The second-order valence-electron chi connectivity index (χ2n) is 6.03. The molecule has 0 bridgehead atoms. The van der Waals surface area contributed by atoms with E-state index < -0.39 is 47.0 Å². The van der Waals surface area contributed by atoms with Crippen molar-refractivity contribution in [1.29, 1.82) is 0 Å². The quantitative estimate of drug-likeness (QED) is 0.420. The van der Waals surface area contributed by atoms with Crippen molar-refractivity contribution < 1.29 is 23.0 Å². The number of H-pyrrole nitrogens is 1. The van der Waals surface area contributed by atoms with Crippen LogP contribution in [0.15, 0.2) is 21.9 Å². The van der Waals surface area contributed by atoms with Gasteiger partial charge in [0.2, 0.25) is 0 Å². The van der Waals surface area contributed by atoms with Gasteiger partial charge in [-0.25, -0.2) is 13.6 Å². The van der Waals surface area contributed by atoms with Crippen LogP contribution < -0.4 is 11.2 Å². The summed E-state index contributed by atoms with van der Waals surface area (Å²) in [7, 11) is 0. The largest absolute Gasteiger partial charge is 0.452 e. The van der Waals surface area contributed by atoms with E-state index in [2.05, 4.69) is 0 Å². The maximum Gasteiger partial charge on any atom is 0.330 e. The first-order valence-corrected chi connectivity index (χ1v) is 8.69. The van der Waals surface area contributed by atoms with E-state index in [0.717, 1.165) is 23.8 Å². The molecule has 0 aliphatic carbocycles. The van der Waals surface area contributed by atoms with Crippen molar-refractivity contribution in [3.05, 3.63) is 33.1 Å². The summed E-state index contributed by atoms with van der Waals surface area (Å²) in [4.78, 5) is 36.8. The number of ether oxygens (including phenoxy) is 2. The molecule has 0 radical (unpaired) electrons. The molecule has 10 heteroatoms. The lowest BCUT2D eigenvalue weighted by Crippen LogP contribution is -2.49. The van der Waals surface area contributed by atoms with E-state index in [0.29, 0.717) is 0 Å². The predicted octanol–water partition coefficient (Wildman–Crippen LogP) is 1.46. The molecule has 0 amide bonds. The van der Waals surface area contributed by atoms with Gasteiger partial charge >= 0.3 is 11.7 Å². The van der Waals surface area contributed by atoms with E-state index in [9.17, 15) is 14.4 Å². The number of carbonyl (C=O) groups excluding carboxylic acids is 1. The Morgan fingerprint density at radius 3 is 2.62 bits per heavy atom. The molecule has 24 heavy (non-hydrogen) atoms. The first-order valence-electron chi connectivity index (χ1n) is 7.16. The number of alkyl halides is 3. The van der Waals surface area contributed by atoms with Crippen LogP contribution in [-0.4, -0.2) is 37.6 Å². The minimum Gasteiger partial charge on any atom is -0.452 e. The fourth-order valence-electron chi connectivity index (χ4n) is 2.41. The van der Waals surface area contributed by atoms with E-state index in [-0.39, 0.29) is 4.43 Å². The van der Waals surface area contributed by atoms with Crippen molar-refractivity contribution in [3.63, 3.8) is 0 Å². The van der Waals surface area contributed by atoms with Gasteiger partial charge < -0.3 is 9.47 Å². The number of aromatic nitrogens is 2. The third-order valence-corrected chi connectivity index (χ3v) is 4.73. The highest BCUT2D eigenvalue weighted by molar-refractivity contribution is 14.1. The Bertz CT molecular complexity index is 747. The summed E-state index contributed by atoms with van der Waals surface area (Å²) in [6.07, 6.45) is -2.56. The molecule has 1 aromatic heterocycles. The minimum absolute atomic E-state index is 0.324. The summed E-state index contributed by atoms with van der Waals surface area (Å²) in [5.41, 5.74) is -4.17.